The monoisotopic (exact) mass is 297 g/mol. The Balaban J connectivity index is 2.04. The lowest BCUT2D eigenvalue weighted by molar-refractivity contribution is -0.384. The Morgan fingerprint density at radius 3 is 2.95 bits per heavy atom. The highest BCUT2D eigenvalue weighted by atomic mass is 35.5. The van der Waals surface area contributed by atoms with Gasteiger partial charge in [0.05, 0.1) is 9.95 Å². The van der Waals surface area contributed by atoms with Gasteiger partial charge in [0.15, 0.2) is 0 Å². The van der Waals surface area contributed by atoms with Crippen molar-refractivity contribution >= 4 is 17.3 Å². The predicted molar refractivity (Wildman–Crippen MR) is 79.8 cm³/mol. The van der Waals surface area contributed by atoms with Crippen molar-refractivity contribution in [1.29, 1.82) is 0 Å². The van der Waals surface area contributed by atoms with E-state index in [9.17, 15) is 10.1 Å². The number of halogens is 1. The van der Waals surface area contributed by atoms with Gasteiger partial charge in [0, 0.05) is 31.3 Å². The number of nitro benzene ring substituents is 1. The minimum absolute atomic E-state index is 0.0332. The molecular formula is C14H20ClN3O2. The molecule has 20 heavy (non-hydrogen) atoms. The number of nitro groups is 1. The van der Waals surface area contributed by atoms with Gasteiger partial charge in [0.2, 0.25) is 0 Å². The molecule has 1 aromatic carbocycles. The maximum atomic E-state index is 10.7. The standard InChI is InChI=1S/C14H20ClN3O2/c1-10(16)11-3-2-6-17(8-11)9-12-4-5-13(18(19)20)7-14(12)15/h4-5,7,10-11H,2-3,6,8-9,16H2,1H3. The highest BCUT2D eigenvalue weighted by molar-refractivity contribution is 6.31. The fourth-order valence-electron chi connectivity index (χ4n) is 2.68. The molecule has 1 fully saturated rings. The van der Waals surface area contributed by atoms with E-state index >= 15 is 0 Å². The SMILES string of the molecule is CC(N)C1CCCN(Cc2ccc([N+](=O)[O-])cc2Cl)C1. The summed E-state index contributed by atoms with van der Waals surface area (Å²) < 4.78 is 0. The van der Waals surface area contributed by atoms with Gasteiger partial charge in [-0.2, -0.15) is 0 Å². The van der Waals surface area contributed by atoms with E-state index in [0.29, 0.717) is 10.9 Å². The first-order chi connectivity index (χ1) is 9.47. The smallest absolute Gasteiger partial charge is 0.270 e. The van der Waals surface area contributed by atoms with Crippen LogP contribution in [0, 0.1) is 16.0 Å². The molecule has 1 aromatic rings. The lowest BCUT2D eigenvalue weighted by Crippen LogP contribution is -2.41. The number of hydrogen-bond acceptors (Lipinski definition) is 4. The van der Waals surface area contributed by atoms with Gasteiger partial charge in [0.1, 0.15) is 0 Å². The Bertz CT molecular complexity index is 493. The average molecular weight is 298 g/mol. The van der Waals surface area contributed by atoms with Crippen LogP contribution >= 0.6 is 11.6 Å². The molecule has 1 aliphatic heterocycles. The van der Waals surface area contributed by atoms with E-state index in [4.69, 9.17) is 17.3 Å². The summed E-state index contributed by atoms with van der Waals surface area (Å²) >= 11 is 6.14. The average Bonchev–Trinajstić information content (AvgIpc) is 2.41. The minimum atomic E-state index is -0.428. The molecule has 0 aromatic heterocycles. The van der Waals surface area contributed by atoms with E-state index in [-0.39, 0.29) is 11.7 Å². The fraction of sp³-hybridized carbons (Fsp3) is 0.571. The number of non-ortho nitro benzene ring substituents is 1. The van der Waals surface area contributed by atoms with Crippen molar-refractivity contribution in [3.63, 3.8) is 0 Å². The summed E-state index contributed by atoms with van der Waals surface area (Å²) in [5.74, 6) is 0.514. The van der Waals surface area contributed by atoms with Gasteiger partial charge >= 0.3 is 0 Å². The molecule has 0 amide bonds. The molecule has 0 saturated carbocycles. The first kappa shape index (κ1) is 15.2. The highest BCUT2D eigenvalue weighted by Crippen LogP contribution is 2.26. The summed E-state index contributed by atoms with van der Waals surface area (Å²) in [4.78, 5) is 12.6. The van der Waals surface area contributed by atoms with Gasteiger partial charge in [-0.25, -0.2) is 0 Å². The van der Waals surface area contributed by atoms with Crippen molar-refractivity contribution in [3.8, 4) is 0 Å². The van der Waals surface area contributed by atoms with E-state index in [1.54, 1.807) is 6.07 Å². The zero-order valence-corrected chi connectivity index (χ0v) is 12.3. The molecule has 2 unspecified atom stereocenters. The Morgan fingerprint density at radius 2 is 2.35 bits per heavy atom. The second-order valence-electron chi connectivity index (χ2n) is 5.53. The van der Waals surface area contributed by atoms with Crippen molar-refractivity contribution in [2.75, 3.05) is 13.1 Å². The van der Waals surface area contributed by atoms with Crippen LogP contribution in [0.4, 0.5) is 5.69 Å². The molecule has 0 bridgehead atoms. The third kappa shape index (κ3) is 3.69. The van der Waals surface area contributed by atoms with E-state index in [1.165, 1.54) is 18.6 Å². The molecule has 1 aliphatic rings. The van der Waals surface area contributed by atoms with Gasteiger partial charge < -0.3 is 5.73 Å². The van der Waals surface area contributed by atoms with Crippen LogP contribution in [0.5, 0.6) is 0 Å². The quantitative estimate of drug-likeness (QED) is 0.685. The largest absolute Gasteiger partial charge is 0.328 e. The van der Waals surface area contributed by atoms with Crippen molar-refractivity contribution in [1.82, 2.24) is 4.90 Å². The molecule has 0 spiro atoms. The molecule has 2 N–H and O–H groups in total. The fourth-order valence-corrected chi connectivity index (χ4v) is 2.92. The molecular weight excluding hydrogens is 278 g/mol. The Kier molecular flexibility index (Phi) is 4.96. The van der Waals surface area contributed by atoms with Crippen molar-refractivity contribution in [2.24, 2.45) is 11.7 Å². The topological polar surface area (TPSA) is 72.4 Å². The number of hydrogen-bond donors (Lipinski definition) is 1. The van der Waals surface area contributed by atoms with Crippen LogP contribution in [0.2, 0.25) is 5.02 Å². The zero-order valence-electron chi connectivity index (χ0n) is 11.6. The first-order valence-electron chi connectivity index (χ1n) is 6.88. The van der Waals surface area contributed by atoms with Crippen LogP contribution in [-0.2, 0) is 6.54 Å². The van der Waals surface area contributed by atoms with Crippen LogP contribution in [0.3, 0.4) is 0 Å². The van der Waals surface area contributed by atoms with E-state index < -0.39 is 4.92 Å². The number of nitrogens with zero attached hydrogens (tertiary/aromatic N) is 2. The lowest BCUT2D eigenvalue weighted by Gasteiger charge is -2.34. The minimum Gasteiger partial charge on any atom is -0.328 e. The number of benzene rings is 1. The van der Waals surface area contributed by atoms with Crippen LogP contribution < -0.4 is 5.73 Å². The van der Waals surface area contributed by atoms with Gasteiger partial charge in [-0.05, 0) is 43.9 Å². The summed E-state index contributed by atoms with van der Waals surface area (Å²) in [6.07, 6.45) is 2.30. The van der Waals surface area contributed by atoms with Crippen molar-refractivity contribution in [3.05, 3.63) is 38.9 Å². The highest BCUT2D eigenvalue weighted by Gasteiger charge is 2.23. The number of rotatable bonds is 4. The van der Waals surface area contributed by atoms with Gasteiger partial charge in [-0.1, -0.05) is 11.6 Å². The summed E-state index contributed by atoms with van der Waals surface area (Å²) in [6.45, 7) is 4.76. The maximum Gasteiger partial charge on any atom is 0.270 e. The third-order valence-electron chi connectivity index (χ3n) is 3.93. The molecule has 0 aliphatic carbocycles. The van der Waals surface area contributed by atoms with Crippen LogP contribution in [0.25, 0.3) is 0 Å². The molecule has 1 heterocycles. The molecule has 0 radical (unpaired) electrons. The normalized spacial score (nSPS) is 21.6. The molecule has 6 heteroatoms. The van der Waals surface area contributed by atoms with Crippen molar-refractivity contribution < 1.29 is 4.92 Å². The summed E-state index contributed by atoms with van der Waals surface area (Å²) in [6, 6.07) is 4.87. The lowest BCUT2D eigenvalue weighted by atomic mass is 9.92. The first-order valence-corrected chi connectivity index (χ1v) is 7.26. The molecule has 1 saturated heterocycles. The molecule has 2 atom stereocenters. The van der Waals surface area contributed by atoms with E-state index in [1.807, 2.05) is 6.92 Å². The second kappa shape index (κ2) is 6.52. The number of likely N-dealkylation sites (tertiary alicyclic amines) is 1. The number of nitrogens with two attached hydrogens (primary N) is 1. The van der Waals surface area contributed by atoms with E-state index in [2.05, 4.69) is 4.90 Å². The molecule has 110 valence electrons. The Labute approximate surface area is 123 Å². The molecule has 2 rings (SSSR count). The van der Waals surface area contributed by atoms with Gasteiger partial charge in [-0.15, -0.1) is 0 Å². The Morgan fingerprint density at radius 1 is 1.60 bits per heavy atom. The van der Waals surface area contributed by atoms with Crippen molar-refractivity contribution in [2.45, 2.75) is 32.4 Å². The van der Waals surface area contributed by atoms with Crippen LogP contribution in [0.1, 0.15) is 25.3 Å². The predicted octanol–water partition coefficient (Wildman–Crippen LogP) is 2.81. The third-order valence-corrected chi connectivity index (χ3v) is 4.28. The second-order valence-corrected chi connectivity index (χ2v) is 5.94. The van der Waals surface area contributed by atoms with Crippen LogP contribution in [0.15, 0.2) is 18.2 Å². The summed E-state index contributed by atoms with van der Waals surface area (Å²) in [7, 11) is 0. The van der Waals surface area contributed by atoms with Gasteiger partial charge in [0.25, 0.3) is 5.69 Å². The van der Waals surface area contributed by atoms with E-state index in [0.717, 1.165) is 31.6 Å². The summed E-state index contributed by atoms with van der Waals surface area (Å²) in [5, 5.41) is 11.2. The number of piperidine rings is 1. The Hall–Kier alpha value is -1.17. The summed E-state index contributed by atoms with van der Waals surface area (Å²) in [5.41, 5.74) is 6.94. The van der Waals surface area contributed by atoms with Crippen LogP contribution in [-0.4, -0.2) is 29.0 Å². The maximum absolute atomic E-state index is 10.7. The van der Waals surface area contributed by atoms with Gasteiger partial charge in [-0.3, -0.25) is 15.0 Å². The molecule has 5 nitrogen and oxygen atoms in total. The zero-order chi connectivity index (χ0) is 14.7.